The van der Waals surface area contributed by atoms with Crippen molar-refractivity contribution in [2.75, 3.05) is 11.5 Å². The molecule has 2 fully saturated rings. The maximum absolute atomic E-state index is 13.5. The van der Waals surface area contributed by atoms with Crippen LogP contribution in [0, 0.1) is 0 Å². The minimum absolute atomic E-state index is 0.0297. The van der Waals surface area contributed by atoms with Gasteiger partial charge in [-0.1, -0.05) is 30.3 Å². The van der Waals surface area contributed by atoms with Gasteiger partial charge in [-0.3, -0.25) is 14.2 Å². The zero-order valence-corrected chi connectivity index (χ0v) is 19.8. The van der Waals surface area contributed by atoms with Crippen LogP contribution in [0.25, 0.3) is 11.2 Å². The lowest BCUT2D eigenvalue weighted by Gasteiger charge is -2.28. The molecule has 1 aliphatic heterocycles. The molecule has 1 atom stereocenters. The van der Waals surface area contributed by atoms with Gasteiger partial charge in [-0.25, -0.2) is 22.8 Å². The number of rotatable bonds is 7. The number of carbonyl (C=O) groups excluding carboxylic acids is 1. The van der Waals surface area contributed by atoms with E-state index in [-0.39, 0.29) is 35.3 Å². The third-order valence-electron chi connectivity index (χ3n) is 6.63. The van der Waals surface area contributed by atoms with Crippen LogP contribution < -0.4 is 11.2 Å². The molecule has 3 aromatic rings. The minimum Gasteiger partial charge on any atom is -0.334 e. The summed E-state index contributed by atoms with van der Waals surface area (Å²) in [5.74, 6) is -0.402. The van der Waals surface area contributed by atoms with Crippen LogP contribution in [0.3, 0.4) is 0 Å². The van der Waals surface area contributed by atoms with Crippen molar-refractivity contribution >= 4 is 26.9 Å². The van der Waals surface area contributed by atoms with Crippen molar-refractivity contribution in [3.63, 3.8) is 0 Å². The topological polar surface area (TPSA) is 116 Å². The van der Waals surface area contributed by atoms with Crippen molar-refractivity contribution in [2.45, 2.75) is 57.9 Å². The number of aryl methyl sites for hydroxylation is 1. The van der Waals surface area contributed by atoms with Crippen LogP contribution in [0.2, 0.25) is 0 Å². The average Bonchev–Trinajstić information content (AvgIpc) is 3.44. The molecule has 11 heteroatoms. The number of nitrogens with zero attached hydrogens (tertiary/aromatic N) is 5. The van der Waals surface area contributed by atoms with E-state index in [1.54, 1.807) is 9.47 Å². The van der Waals surface area contributed by atoms with E-state index in [0.29, 0.717) is 13.0 Å². The molecule has 1 saturated carbocycles. The molecule has 3 heterocycles. The third-order valence-corrected chi connectivity index (χ3v) is 8.38. The summed E-state index contributed by atoms with van der Waals surface area (Å²) in [6.07, 6.45) is 3.52. The van der Waals surface area contributed by atoms with Crippen LogP contribution in [-0.4, -0.2) is 61.5 Å². The normalized spacial score (nSPS) is 19.5. The molecular formula is C23H27N5O5S. The van der Waals surface area contributed by atoms with Gasteiger partial charge in [0, 0.05) is 18.6 Å². The van der Waals surface area contributed by atoms with Gasteiger partial charge in [0.1, 0.15) is 6.54 Å². The van der Waals surface area contributed by atoms with Crippen molar-refractivity contribution in [3.05, 3.63) is 63.1 Å². The SMILES string of the molecule is CCn1cnc2c1c(=O)n(CC(=O)N(C1CC1)[C@@H]1CCS(=O)(=O)C1)c(=O)n2Cc1ccccc1. The molecule has 0 bridgehead atoms. The second-order valence-corrected chi connectivity index (χ2v) is 11.3. The summed E-state index contributed by atoms with van der Waals surface area (Å²) in [5, 5.41) is 0. The number of hydrogen-bond donors (Lipinski definition) is 0. The molecule has 1 aromatic carbocycles. The maximum atomic E-state index is 13.5. The molecule has 1 amide bonds. The molecule has 2 aromatic heterocycles. The van der Waals surface area contributed by atoms with Crippen molar-refractivity contribution in [3.8, 4) is 0 Å². The fourth-order valence-electron chi connectivity index (χ4n) is 4.80. The zero-order valence-electron chi connectivity index (χ0n) is 19.0. The van der Waals surface area contributed by atoms with Gasteiger partial charge in [-0.2, -0.15) is 0 Å². The molecule has 1 aliphatic carbocycles. The largest absolute Gasteiger partial charge is 0.334 e. The monoisotopic (exact) mass is 485 g/mol. The van der Waals surface area contributed by atoms with Gasteiger partial charge in [0.05, 0.1) is 24.4 Å². The minimum atomic E-state index is -3.18. The second-order valence-electron chi connectivity index (χ2n) is 9.04. The van der Waals surface area contributed by atoms with Gasteiger partial charge in [-0.05, 0) is 31.7 Å². The lowest BCUT2D eigenvalue weighted by atomic mass is 10.2. The number of aromatic nitrogens is 4. The Kier molecular flexibility index (Phi) is 5.67. The molecule has 5 rings (SSSR count). The molecule has 34 heavy (non-hydrogen) atoms. The van der Waals surface area contributed by atoms with E-state index >= 15 is 0 Å². The first-order chi connectivity index (χ1) is 16.3. The Hall–Kier alpha value is -3.21. The highest BCUT2D eigenvalue weighted by Gasteiger charge is 2.42. The van der Waals surface area contributed by atoms with E-state index in [4.69, 9.17) is 0 Å². The molecule has 0 radical (unpaired) electrons. The van der Waals surface area contributed by atoms with Crippen LogP contribution >= 0.6 is 0 Å². The summed E-state index contributed by atoms with van der Waals surface area (Å²) < 4.78 is 28.1. The standard InChI is InChI=1S/C23H27N5O5S/c1-2-25-15-24-21-20(25)22(30)27(23(31)26(21)12-16-6-4-3-5-7-16)13-19(29)28(17-8-9-17)18-10-11-34(32,33)14-18/h3-7,15,17-18H,2,8-14H2,1H3/t18-/m1/s1. The van der Waals surface area contributed by atoms with Crippen LogP contribution in [0.1, 0.15) is 31.7 Å². The third kappa shape index (κ3) is 4.08. The lowest BCUT2D eigenvalue weighted by Crippen LogP contribution is -2.49. The number of amides is 1. The molecular weight excluding hydrogens is 458 g/mol. The van der Waals surface area contributed by atoms with Crippen molar-refractivity contribution in [1.82, 2.24) is 23.6 Å². The smallest absolute Gasteiger partial charge is 0.333 e. The summed E-state index contributed by atoms with van der Waals surface area (Å²) in [6.45, 7) is 2.14. The van der Waals surface area contributed by atoms with E-state index in [9.17, 15) is 22.8 Å². The summed E-state index contributed by atoms with van der Waals surface area (Å²) in [4.78, 5) is 46.2. The fraction of sp³-hybridized carbons (Fsp3) is 0.478. The Morgan fingerprint density at radius 2 is 1.82 bits per heavy atom. The second kappa shape index (κ2) is 8.53. The van der Waals surface area contributed by atoms with E-state index in [1.165, 1.54) is 10.9 Å². The molecule has 0 N–H and O–H groups in total. The molecule has 1 saturated heterocycles. The number of fused-ring (bicyclic) bond motifs is 1. The average molecular weight is 486 g/mol. The Morgan fingerprint density at radius 3 is 2.44 bits per heavy atom. The fourth-order valence-corrected chi connectivity index (χ4v) is 6.51. The molecule has 0 spiro atoms. The quantitative estimate of drug-likeness (QED) is 0.484. The van der Waals surface area contributed by atoms with Crippen molar-refractivity contribution < 1.29 is 13.2 Å². The zero-order chi connectivity index (χ0) is 24.0. The highest BCUT2D eigenvalue weighted by molar-refractivity contribution is 7.91. The number of sulfone groups is 1. The Bertz CT molecular complexity index is 1470. The van der Waals surface area contributed by atoms with E-state index in [1.807, 2.05) is 37.3 Å². The Morgan fingerprint density at radius 1 is 1.09 bits per heavy atom. The number of carbonyl (C=O) groups is 1. The van der Waals surface area contributed by atoms with Gasteiger partial charge < -0.3 is 9.47 Å². The van der Waals surface area contributed by atoms with E-state index < -0.39 is 39.6 Å². The van der Waals surface area contributed by atoms with E-state index in [0.717, 1.165) is 23.0 Å². The molecule has 180 valence electrons. The lowest BCUT2D eigenvalue weighted by molar-refractivity contribution is -0.134. The predicted molar refractivity (Wildman–Crippen MR) is 126 cm³/mol. The van der Waals surface area contributed by atoms with Crippen molar-refractivity contribution in [2.24, 2.45) is 0 Å². The number of hydrogen-bond acceptors (Lipinski definition) is 6. The summed E-state index contributed by atoms with van der Waals surface area (Å²) in [6, 6.07) is 8.93. The highest BCUT2D eigenvalue weighted by atomic mass is 32.2. The summed E-state index contributed by atoms with van der Waals surface area (Å²) in [7, 11) is -3.18. The van der Waals surface area contributed by atoms with E-state index in [2.05, 4.69) is 4.98 Å². The van der Waals surface area contributed by atoms with Gasteiger partial charge in [-0.15, -0.1) is 0 Å². The number of imidazole rings is 1. The first kappa shape index (κ1) is 22.6. The Labute approximate surface area is 196 Å². The van der Waals surface area contributed by atoms with Crippen molar-refractivity contribution in [1.29, 1.82) is 0 Å². The molecule has 2 aliphatic rings. The highest BCUT2D eigenvalue weighted by Crippen LogP contribution is 2.32. The maximum Gasteiger partial charge on any atom is 0.333 e. The van der Waals surface area contributed by atoms with Gasteiger partial charge in [0.25, 0.3) is 5.56 Å². The van der Waals surface area contributed by atoms with Gasteiger partial charge in [0.2, 0.25) is 5.91 Å². The van der Waals surface area contributed by atoms with Gasteiger partial charge >= 0.3 is 5.69 Å². The van der Waals surface area contributed by atoms with Crippen LogP contribution in [0.5, 0.6) is 0 Å². The van der Waals surface area contributed by atoms with Crippen LogP contribution in [0.15, 0.2) is 46.2 Å². The Balaban J connectivity index is 1.57. The van der Waals surface area contributed by atoms with Crippen LogP contribution in [0.4, 0.5) is 0 Å². The first-order valence-electron chi connectivity index (χ1n) is 11.5. The number of benzene rings is 1. The predicted octanol–water partition coefficient (Wildman–Crippen LogP) is 0.606. The molecule has 0 unspecified atom stereocenters. The van der Waals surface area contributed by atoms with Gasteiger partial charge in [0.15, 0.2) is 21.0 Å². The summed E-state index contributed by atoms with van der Waals surface area (Å²) in [5.41, 5.74) is 0.250. The first-order valence-corrected chi connectivity index (χ1v) is 13.3. The van der Waals surface area contributed by atoms with Crippen LogP contribution in [-0.2, 0) is 34.3 Å². The molecule has 10 nitrogen and oxygen atoms in total. The summed E-state index contributed by atoms with van der Waals surface area (Å²) >= 11 is 0.